The summed E-state index contributed by atoms with van der Waals surface area (Å²) in [6, 6.07) is 1.25. The monoisotopic (exact) mass is 245 g/mol. The smallest absolute Gasteiger partial charge is 0.0657 e. The van der Waals surface area contributed by atoms with Crippen LogP contribution in [0.3, 0.4) is 0 Å². The Morgan fingerprint density at radius 2 is 2.06 bits per heavy atom. The summed E-state index contributed by atoms with van der Waals surface area (Å²) in [5.74, 6) is 1.19. The summed E-state index contributed by atoms with van der Waals surface area (Å²) >= 11 is 1.91. The van der Waals surface area contributed by atoms with E-state index in [0.29, 0.717) is 23.6 Å². The van der Waals surface area contributed by atoms with Crippen LogP contribution in [-0.4, -0.2) is 37.3 Å². The van der Waals surface area contributed by atoms with E-state index < -0.39 is 0 Å². The first-order chi connectivity index (χ1) is 7.64. The fraction of sp³-hybridized carbons (Fsp3) is 1.00. The van der Waals surface area contributed by atoms with E-state index in [2.05, 4.69) is 32.3 Å². The van der Waals surface area contributed by atoms with Gasteiger partial charge in [-0.15, -0.1) is 0 Å². The zero-order valence-electron chi connectivity index (χ0n) is 11.4. The topological polar surface area (TPSA) is 21.3 Å². The maximum Gasteiger partial charge on any atom is 0.0657 e. The number of nitrogens with one attached hydrogen (secondary N) is 1. The van der Waals surface area contributed by atoms with Crippen LogP contribution in [0.25, 0.3) is 0 Å². The SMILES string of the molecule is CCC1(CC)C(NC(C)CSC)CC1OC. The predicted octanol–water partition coefficient (Wildman–Crippen LogP) is 2.92. The lowest BCUT2D eigenvalue weighted by molar-refractivity contribution is -0.125. The Labute approximate surface area is 105 Å². The third kappa shape index (κ3) is 2.57. The first-order valence-electron chi connectivity index (χ1n) is 6.42. The van der Waals surface area contributed by atoms with E-state index in [-0.39, 0.29) is 0 Å². The average molecular weight is 245 g/mol. The van der Waals surface area contributed by atoms with Crippen LogP contribution in [0, 0.1) is 5.41 Å². The minimum Gasteiger partial charge on any atom is -0.381 e. The van der Waals surface area contributed by atoms with Crippen molar-refractivity contribution >= 4 is 11.8 Å². The van der Waals surface area contributed by atoms with Crippen molar-refractivity contribution in [2.24, 2.45) is 5.41 Å². The Hall–Kier alpha value is 0.270. The molecule has 1 aliphatic rings. The largest absolute Gasteiger partial charge is 0.381 e. The van der Waals surface area contributed by atoms with Crippen LogP contribution >= 0.6 is 11.8 Å². The highest BCUT2D eigenvalue weighted by Gasteiger charge is 2.52. The summed E-state index contributed by atoms with van der Waals surface area (Å²) in [5, 5.41) is 3.77. The molecule has 0 aliphatic heterocycles. The lowest BCUT2D eigenvalue weighted by atomic mass is 9.58. The molecular formula is C13H27NOS. The molecule has 1 rings (SSSR count). The van der Waals surface area contributed by atoms with E-state index in [1.165, 1.54) is 25.0 Å². The number of methoxy groups -OCH3 is 1. The van der Waals surface area contributed by atoms with Crippen molar-refractivity contribution in [2.75, 3.05) is 19.1 Å². The molecule has 0 aromatic carbocycles. The summed E-state index contributed by atoms with van der Waals surface area (Å²) in [6.07, 6.45) is 6.24. The van der Waals surface area contributed by atoms with Gasteiger partial charge in [0.2, 0.25) is 0 Å². The van der Waals surface area contributed by atoms with Gasteiger partial charge in [0.25, 0.3) is 0 Å². The molecule has 2 nitrogen and oxygen atoms in total. The molecule has 1 saturated carbocycles. The van der Waals surface area contributed by atoms with Crippen molar-refractivity contribution in [3.8, 4) is 0 Å². The predicted molar refractivity (Wildman–Crippen MR) is 73.2 cm³/mol. The van der Waals surface area contributed by atoms with Crippen LogP contribution < -0.4 is 5.32 Å². The summed E-state index contributed by atoms with van der Waals surface area (Å²) in [6.45, 7) is 6.87. The van der Waals surface area contributed by atoms with Crippen molar-refractivity contribution in [2.45, 2.75) is 58.2 Å². The van der Waals surface area contributed by atoms with E-state index in [0.717, 1.165) is 0 Å². The second-order valence-corrected chi connectivity index (χ2v) is 5.89. The fourth-order valence-electron chi connectivity index (χ4n) is 3.15. The quantitative estimate of drug-likeness (QED) is 0.745. The Morgan fingerprint density at radius 1 is 1.44 bits per heavy atom. The molecule has 1 N–H and O–H groups in total. The second-order valence-electron chi connectivity index (χ2n) is 4.98. The van der Waals surface area contributed by atoms with Gasteiger partial charge in [-0.25, -0.2) is 0 Å². The average Bonchev–Trinajstić information content (AvgIpc) is 2.26. The molecule has 0 spiro atoms. The Kier molecular flexibility index (Phi) is 5.62. The van der Waals surface area contributed by atoms with Gasteiger partial charge < -0.3 is 10.1 Å². The number of hydrogen-bond acceptors (Lipinski definition) is 3. The van der Waals surface area contributed by atoms with Gasteiger partial charge in [0.05, 0.1) is 6.10 Å². The van der Waals surface area contributed by atoms with Crippen LogP contribution in [0.4, 0.5) is 0 Å². The molecule has 16 heavy (non-hydrogen) atoms. The maximum absolute atomic E-state index is 5.61. The van der Waals surface area contributed by atoms with Gasteiger partial charge in [0, 0.05) is 30.4 Å². The summed E-state index contributed by atoms with van der Waals surface area (Å²) in [4.78, 5) is 0. The Morgan fingerprint density at radius 3 is 2.50 bits per heavy atom. The van der Waals surface area contributed by atoms with Crippen molar-refractivity contribution < 1.29 is 4.74 Å². The molecule has 3 heteroatoms. The van der Waals surface area contributed by atoms with Crippen LogP contribution in [0.15, 0.2) is 0 Å². The Balaban J connectivity index is 2.55. The summed E-state index contributed by atoms with van der Waals surface area (Å²) in [5.41, 5.74) is 0.376. The number of hydrogen-bond donors (Lipinski definition) is 1. The van der Waals surface area contributed by atoms with Gasteiger partial charge in [-0.1, -0.05) is 13.8 Å². The molecule has 0 bridgehead atoms. The van der Waals surface area contributed by atoms with Gasteiger partial charge in [-0.2, -0.15) is 11.8 Å². The number of rotatable bonds is 7. The molecule has 1 fully saturated rings. The minimum atomic E-state index is 0.376. The standard InChI is InChI=1S/C13H27NOS/c1-6-13(7-2)11(8-12(13)15-4)14-10(3)9-16-5/h10-12,14H,6-9H2,1-5H3. The van der Waals surface area contributed by atoms with Crippen molar-refractivity contribution in [3.63, 3.8) is 0 Å². The molecule has 96 valence electrons. The van der Waals surface area contributed by atoms with E-state index >= 15 is 0 Å². The lowest BCUT2D eigenvalue weighted by Gasteiger charge is -2.56. The normalized spacial score (nSPS) is 29.8. The van der Waals surface area contributed by atoms with Gasteiger partial charge >= 0.3 is 0 Å². The van der Waals surface area contributed by atoms with Crippen LogP contribution in [0.5, 0.6) is 0 Å². The van der Waals surface area contributed by atoms with Crippen molar-refractivity contribution in [1.82, 2.24) is 5.32 Å². The molecule has 3 unspecified atom stereocenters. The summed E-state index contributed by atoms with van der Waals surface area (Å²) in [7, 11) is 1.85. The molecular weight excluding hydrogens is 218 g/mol. The van der Waals surface area contributed by atoms with E-state index in [4.69, 9.17) is 4.74 Å². The van der Waals surface area contributed by atoms with Crippen molar-refractivity contribution in [1.29, 1.82) is 0 Å². The molecule has 0 heterocycles. The summed E-state index contributed by atoms with van der Waals surface area (Å²) < 4.78 is 5.61. The van der Waals surface area contributed by atoms with Crippen LogP contribution in [-0.2, 0) is 4.74 Å². The highest BCUT2D eigenvalue weighted by Crippen LogP contribution is 2.48. The van der Waals surface area contributed by atoms with Gasteiger partial charge in [-0.3, -0.25) is 0 Å². The fourth-order valence-corrected chi connectivity index (χ4v) is 3.75. The molecule has 0 radical (unpaired) electrons. The molecule has 3 atom stereocenters. The highest BCUT2D eigenvalue weighted by atomic mass is 32.2. The first-order valence-corrected chi connectivity index (χ1v) is 7.81. The third-order valence-electron chi connectivity index (χ3n) is 4.29. The third-order valence-corrected chi connectivity index (χ3v) is 5.12. The van der Waals surface area contributed by atoms with Gasteiger partial charge in [0.15, 0.2) is 0 Å². The second kappa shape index (κ2) is 6.27. The zero-order chi connectivity index (χ0) is 12.2. The van der Waals surface area contributed by atoms with Crippen LogP contribution in [0.1, 0.15) is 40.0 Å². The first kappa shape index (κ1) is 14.3. The van der Waals surface area contributed by atoms with E-state index in [9.17, 15) is 0 Å². The maximum atomic E-state index is 5.61. The number of ether oxygens (including phenoxy) is 1. The molecule has 0 aromatic rings. The van der Waals surface area contributed by atoms with Gasteiger partial charge in [-0.05, 0) is 32.4 Å². The Bertz CT molecular complexity index is 206. The highest BCUT2D eigenvalue weighted by molar-refractivity contribution is 7.98. The van der Waals surface area contributed by atoms with Crippen LogP contribution in [0.2, 0.25) is 0 Å². The molecule has 0 saturated heterocycles. The molecule has 1 aliphatic carbocycles. The van der Waals surface area contributed by atoms with E-state index in [1.807, 2.05) is 18.9 Å². The number of thioether (sulfide) groups is 1. The van der Waals surface area contributed by atoms with E-state index in [1.54, 1.807) is 0 Å². The van der Waals surface area contributed by atoms with Gasteiger partial charge in [0.1, 0.15) is 0 Å². The molecule has 0 aromatic heterocycles. The lowest BCUT2D eigenvalue weighted by Crippen LogP contribution is -2.64. The minimum absolute atomic E-state index is 0.376. The zero-order valence-corrected chi connectivity index (χ0v) is 12.2. The van der Waals surface area contributed by atoms with Crippen molar-refractivity contribution in [3.05, 3.63) is 0 Å². The molecule has 0 amide bonds.